The topological polar surface area (TPSA) is 62.6 Å². The number of carbonyl (C=O) groups excluding carboxylic acids is 2. The zero-order chi connectivity index (χ0) is 19.1. The van der Waals surface area contributed by atoms with Gasteiger partial charge < -0.3 is 14.6 Å². The maximum absolute atomic E-state index is 12.5. The minimum atomic E-state index is -0.0531. The second-order valence-electron chi connectivity index (χ2n) is 7.22. The van der Waals surface area contributed by atoms with Crippen LogP contribution in [0.1, 0.15) is 54.9 Å². The normalized spacial score (nSPS) is 14.9. The van der Waals surface area contributed by atoms with E-state index in [9.17, 15) is 9.59 Å². The standard InChI is InChI=1S/C22H28N2O3/c1-2-3-4-5-17-6-8-20(9-7-17)23-21(25)18-10-13-24(14-11-18)22(26)19-12-15-27-16-19/h6-9,12,15-16,18H,2-5,10-11,13-14H2,1H3,(H,23,25). The number of hydrogen-bond donors (Lipinski definition) is 1. The number of nitrogens with one attached hydrogen (secondary N) is 1. The first-order chi connectivity index (χ1) is 13.2. The van der Waals surface area contributed by atoms with Crippen LogP contribution in [0.5, 0.6) is 0 Å². The Kier molecular flexibility index (Phi) is 6.69. The van der Waals surface area contributed by atoms with E-state index in [-0.39, 0.29) is 17.7 Å². The zero-order valence-corrected chi connectivity index (χ0v) is 15.9. The zero-order valence-electron chi connectivity index (χ0n) is 15.9. The fourth-order valence-electron chi connectivity index (χ4n) is 3.49. The first-order valence-corrected chi connectivity index (χ1v) is 9.88. The van der Waals surface area contributed by atoms with Crippen LogP contribution in [-0.4, -0.2) is 29.8 Å². The molecule has 1 aromatic carbocycles. The number of amides is 2. The van der Waals surface area contributed by atoms with E-state index >= 15 is 0 Å². The highest BCUT2D eigenvalue weighted by atomic mass is 16.3. The van der Waals surface area contributed by atoms with E-state index in [1.165, 1.54) is 37.4 Å². The van der Waals surface area contributed by atoms with E-state index in [2.05, 4.69) is 24.4 Å². The van der Waals surface area contributed by atoms with Crippen LogP contribution in [0.25, 0.3) is 0 Å². The van der Waals surface area contributed by atoms with Crippen LogP contribution in [0.2, 0.25) is 0 Å². The molecule has 1 aromatic heterocycles. The number of piperidine rings is 1. The van der Waals surface area contributed by atoms with Crippen LogP contribution in [0.15, 0.2) is 47.3 Å². The Balaban J connectivity index is 1.46. The van der Waals surface area contributed by atoms with Crippen molar-refractivity contribution in [3.63, 3.8) is 0 Å². The molecule has 0 atom stereocenters. The van der Waals surface area contributed by atoms with Crippen molar-refractivity contribution in [2.24, 2.45) is 5.92 Å². The summed E-state index contributed by atoms with van der Waals surface area (Å²) >= 11 is 0. The fourth-order valence-corrected chi connectivity index (χ4v) is 3.49. The number of aryl methyl sites for hydroxylation is 1. The van der Waals surface area contributed by atoms with Gasteiger partial charge >= 0.3 is 0 Å². The van der Waals surface area contributed by atoms with Crippen LogP contribution in [-0.2, 0) is 11.2 Å². The fraction of sp³-hybridized carbons (Fsp3) is 0.455. The number of hydrogen-bond acceptors (Lipinski definition) is 3. The summed E-state index contributed by atoms with van der Waals surface area (Å²) < 4.78 is 4.98. The molecular weight excluding hydrogens is 340 g/mol. The second-order valence-corrected chi connectivity index (χ2v) is 7.22. The van der Waals surface area contributed by atoms with E-state index in [0.29, 0.717) is 31.5 Å². The van der Waals surface area contributed by atoms with Gasteiger partial charge in [0.1, 0.15) is 6.26 Å². The van der Waals surface area contributed by atoms with Gasteiger partial charge in [0.05, 0.1) is 11.8 Å². The quantitative estimate of drug-likeness (QED) is 0.732. The van der Waals surface area contributed by atoms with Gasteiger partial charge in [0.25, 0.3) is 5.91 Å². The Labute approximate surface area is 160 Å². The van der Waals surface area contributed by atoms with E-state index in [1.54, 1.807) is 11.0 Å². The molecule has 0 unspecified atom stereocenters. The molecule has 0 saturated carbocycles. The highest BCUT2D eigenvalue weighted by molar-refractivity contribution is 5.95. The Morgan fingerprint density at radius 1 is 1.11 bits per heavy atom. The van der Waals surface area contributed by atoms with Crippen molar-refractivity contribution in [3.8, 4) is 0 Å². The Bertz CT molecular complexity index is 729. The van der Waals surface area contributed by atoms with Crippen LogP contribution in [0, 0.1) is 5.92 Å². The molecule has 0 spiro atoms. The predicted molar refractivity (Wildman–Crippen MR) is 106 cm³/mol. The van der Waals surface area contributed by atoms with Gasteiger partial charge in [-0.15, -0.1) is 0 Å². The smallest absolute Gasteiger partial charge is 0.257 e. The van der Waals surface area contributed by atoms with Crippen molar-refractivity contribution in [3.05, 3.63) is 54.0 Å². The molecule has 0 bridgehead atoms. The van der Waals surface area contributed by atoms with Gasteiger partial charge in [-0.2, -0.15) is 0 Å². The van der Waals surface area contributed by atoms with Crippen molar-refractivity contribution in [1.29, 1.82) is 0 Å². The lowest BCUT2D eigenvalue weighted by Gasteiger charge is -2.31. The number of anilines is 1. The largest absolute Gasteiger partial charge is 0.472 e. The van der Waals surface area contributed by atoms with Crippen molar-refractivity contribution in [2.45, 2.75) is 45.4 Å². The first-order valence-electron chi connectivity index (χ1n) is 9.88. The maximum Gasteiger partial charge on any atom is 0.257 e. The molecule has 0 radical (unpaired) electrons. The molecule has 1 aliphatic rings. The van der Waals surface area contributed by atoms with E-state index in [4.69, 9.17) is 4.42 Å². The van der Waals surface area contributed by atoms with Gasteiger partial charge in [-0.3, -0.25) is 9.59 Å². The molecule has 144 valence electrons. The van der Waals surface area contributed by atoms with E-state index in [0.717, 1.165) is 12.1 Å². The van der Waals surface area contributed by atoms with Crippen LogP contribution >= 0.6 is 0 Å². The Morgan fingerprint density at radius 2 is 1.85 bits per heavy atom. The minimum Gasteiger partial charge on any atom is -0.472 e. The third kappa shape index (κ3) is 5.22. The summed E-state index contributed by atoms with van der Waals surface area (Å²) in [6.45, 7) is 3.40. The summed E-state index contributed by atoms with van der Waals surface area (Å²) in [5, 5.41) is 3.02. The molecule has 1 saturated heterocycles. The number of benzene rings is 1. The summed E-state index contributed by atoms with van der Waals surface area (Å²) in [5.74, 6) is -0.0342. The highest BCUT2D eigenvalue weighted by Gasteiger charge is 2.28. The van der Waals surface area contributed by atoms with Crippen molar-refractivity contribution in [2.75, 3.05) is 18.4 Å². The number of furan rings is 1. The van der Waals surface area contributed by atoms with Crippen LogP contribution in [0.3, 0.4) is 0 Å². The molecule has 5 heteroatoms. The molecule has 3 rings (SSSR count). The van der Waals surface area contributed by atoms with Gasteiger partial charge in [0.15, 0.2) is 0 Å². The molecule has 1 aliphatic heterocycles. The third-order valence-electron chi connectivity index (χ3n) is 5.21. The number of unbranched alkanes of at least 4 members (excludes halogenated alkanes) is 2. The van der Waals surface area contributed by atoms with Gasteiger partial charge in [0, 0.05) is 24.7 Å². The number of carbonyl (C=O) groups is 2. The SMILES string of the molecule is CCCCCc1ccc(NC(=O)C2CCN(C(=O)c3ccoc3)CC2)cc1. The lowest BCUT2D eigenvalue weighted by atomic mass is 9.95. The highest BCUT2D eigenvalue weighted by Crippen LogP contribution is 2.21. The number of rotatable bonds is 7. The van der Waals surface area contributed by atoms with Crippen LogP contribution < -0.4 is 5.32 Å². The number of nitrogens with zero attached hydrogens (tertiary/aromatic N) is 1. The van der Waals surface area contributed by atoms with Crippen molar-refractivity contribution < 1.29 is 14.0 Å². The molecular formula is C22H28N2O3. The van der Waals surface area contributed by atoms with Crippen molar-refractivity contribution >= 4 is 17.5 Å². The van der Waals surface area contributed by atoms with Gasteiger partial charge in [0.2, 0.25) is 5.91 Å². The summed E-state index contributed by atoms with van der Waals surface area (Å²) in [6, 6.07) is 9.83. The average Bonchev–Trinajstić information content (AvgIpc) is 3.24. The maximum atomic E-state index is 12.5. The van der Waals surface area contributed by atoms with Crippen LogP contribution in [0.4, 0.5) is 5.69 Å². The molecule has 2 amide bonds. The molecule has 1 N–H and O–H groups in total. The van der Waals surface area contributed by atoms with Gasteiger partial charge in [-0.1, -0.05) is 31.9 Å². The van der Waals surface area contributed by atoms with E-state index < -0.39 is 0 Å². The predicted octanol–water partition coefficient (Wildman–Crippen LogP) is 4.50. The second kappa shape index (κ2) is 9.40. The molecule has 0 aliphatic carbocycles. The molecule has 1 fully saturated rings. The first kappa shape index (κ1) is 19.2. The molecule has 5 nitrogen and oxygen atoms in total. The van der Waals surface area contributed by atoms with Gasteiger partial charge in [-0.05, 0) is 49.4 Å². The minimum absolute atomic E-state index is 0.0266. The lowest BCUT2D eigenvalue weighted by molar-refractivity contribution is -0.121. The molecule has 2 heterocycles. The Hall–Kier alpha value is -2.56. The summed E-state index contributed by atoms with van der Waals surface area (Å²) in [5.41, 5.74) is 2.72. The lowest BCUT2D eigenvalue weighted by Crippen LogP contribution is -2.41. The number of likely N-dealkylation sites (tertiary alicyclic amines) is 1. The third-order valence-corrected chi connectivity index (χ3v) is 5.21. The summed E-state index contributed by atoms with van der Waals surface area (Å²) in [7, 11) is 0. The average molecular weight is 368 g/mol. The van der Waals surface area contributed by atoms with Crippen molar-refractivity contribution in [1.82, 2.24) is 4.90 Å². The van der Waals surface area contributed by atoms with Gasteiger partial charge in [-0.25, -0.2) is 0 Å². The Morgan fingerprint density at radius 3 is 2.48 bits per heavy atom. The molecule has 27 heavy (non-hydrogen) atoms. The molecule has 2 aromatic rings. The van der Waals surface area contributed by atoms with E-state index in [1.807, 2.05) is 12.1 Å². The summed E-state index contributed by atoms with van der Waals surface area (Å²) in [6.07, 6.45) is 9.11. The summed E-state index contributed by atoms with van der Waals surface area (Å²) in [4.78, 5) is 26.7. The monoisotopic (exact) mass is 368 g/mol.